The number of nitrogens with zero attached hydrogens (tertiary/aromatic N) is 1. The van der Waals surface area contributed by atoms with Gasteiger partial charge in [-0.15, -0.1) is 0 Å². The van der Waals surface area contributed by atoms with Crippen molar-refractivity contribution >= 4 is 6.72 Å². The number of allylic oxidation sites excluding steroid dienone is 3. The minimum absolute atomic E-state index is 0.908. The zero-order valence-corrected chi connectivity index (χ0v) is 9.58. The molecule has 1 nitrogen and oxygen atoms in total. The summed E-state index contributed by atoms with van der Waals surface area (Å²) in [6, 6.07) is 0. The van der Waals surface area contributed by atoms with Crippen molar-refractivity contribution in [3.05, 3.63) is 24.4 Å². The van der Waals surface area contributed by atoms with E-state index in [9.17, 15) is 0 Å². The Morgan fingerprint density at radius 3 is 2.57 bits per heavy atom. The molecule has 0 radical (unpaired) electrons. The van der Waals surface area contributed by atoms with Crippen molar-refractivity contribution < 1.29 is 0 Å². The summed E-state index contributed by atoms with van der Waals surface area (Å²) in [6.07, 6.45) is 14.4. The minimum atomic E-state index is 0.908. The first-order valence-electron chi connectivity index (χ1n) is 5.62. The maximum absolute atomic E-state index is 3.63. The zero-order chi connectivity index (χ0) is 10.6. The number of aliphatic imine (C=N–C) groups is 1. The smallest absolute Gasteiger partial charge is 0.0260 e. The summed E-state index contributed by atoms with van der Waals surface area (Å²) in [5.41, 5.74) is 0. The van der Waals surface area contributed by atoms with Gasteiger partial charge in [-0.25, -0.2) is 0 Å². The summed E-state index contributed by atoms with van der Waals surface area (Å²) >= 11 is 0. The van der Waals surface area contributed by atoms with Gasteiger partial charge in [0.1, 0.15) is 0 Å². The third-order valence-corrected chi connectivity index (χ3v) is 2.45. The molecule has 1 atom stereocenters. The van der Waals surface area contributed by atoms with Gasteiger partial charge in [0.15, 0.2) is 0 Å². The van der Waals surface area contributed by atoms with Crippen molar-refractivity contribution in [1.29, 1.82) is 0 Å². The van der Waals surface area contributed by atoms with Crippen LogP contribution in [0.5, 0.6) is 0 Å². The van der Waals surface area contributed by atoms with E-state index in [1.807, 2.05) is 12.2 Å². The van der Waals surface area contributed by atoms with Gasteiger partial charge in [-0.2, -0.15) is 0 Å². The van der Waals surface area contributed by atoms with Crippen LogP contribution in [0.15, 0.2) is 29.4 Å². The molecule has 14 heavy (non-hydrogen) atoms. The first-order valence-corrected chi connectivity index (χ1v) is 5.62. The van der Waals surface area contributed by atoms with Gasteiger partial charge >= 0.3 is 0 Å². The fourth-order valence-electron chi connectivity index (χ4n) is 1.58. The van der Waals surface area contributed by atoms with Crippen LogP contribution in [0.3, 0.4) is 0 Å². The Balaban J connectivity index is 3.54. The van der Waals surface area contributed by atoms with Crippen LogP contribution in [0.25, 0.3) is 0 Å². The van der Waals surface area contributed by atoms with E-state index in [0.29, 0.717) is 0 Å². The van der Waals surface area contributed by atoms with Crippen LogP contribution in [-0.2, 0) is 0 Å². The molecule has 0 aliphatic rings. The molecule has 0 amide bonds. The predicted molar refractivity (Wildman–Crippen MR) is 65.8 cm³/mol. The van der Waals surface area contributed by atoms with Crippen molar-refractivity contribution in [3.8, 4) is 0 Å². The van der Waals surface area contributed by atoms with E-state index in [0.717, 1.165) is 5.92 Å². The molecule has 0 aromatic rings. The molecule has 80 valence electrons. The molecular weight excluding hydrogens is 170 g/mol. The van der Waals surface area contributed by atoms with Gasteiger partial charge in [-0.1, -0.05) is 45.3 Å². The normalized spacial score (nSPS) is 13.9. The van der Waals surface area contributed by atoms with E-state index in [4.69, 9.17) is 0 Å². The molecule has 0 rings (SSSR count). The molecule has 0 aliphatic heterocycles. The Kier molecular flexibility index (Phi) is 9.61. The van der Waals surface area contributed by atoms with Gasteiger partial charge in [-0.3, -0.25) is 4.99 Å². The highest BCUT2D eigenvalue weighted by molar-refractivity contribution is 5.26. The predicted octanol–water partition coefficient (Wildman–Crippen LogP) is 4.36. The highest BCUT2D eigenvalue weighted by Gasteiger charge is 2.02. The fraction of sp³-hybridized carbons (Fsp3) is 0.615. The molecule has 0 saturated heterocycles. The van der Waals surface area contributed by atoms with Crippen molar-refractivity contribution in [2.45, 2.75) is 46.0 Å². The van der Waals surface area contributed by atoms with Crippen LogP contribution < -0.4 is 0 Å². The van der Waals surface area contributed by atoms with E-state index in [-0.39, 0.29) is 0 Å². The summed E-state index contributed by atoms with van der Waals surface area (Å²) in [5, 5.41) is 0. The summed E-state index contributed by atoms with van der Waals surface area (Å²) in [7, 11) is 0. The maximum atomic E-state index is 3.63. The number of rotatable bonds is 8. The average molecular weight is 193 g/mol. The lowest BCUT2D eigenvalue weighted by Crippen LogP contribution is -1.96. The monoisotopic (exact) mass is 193 g/mol. The van der Waals surface area contributed by atoms with E-state index >= 15 is 0 Å². The van der Waals surface area contributed by atoms with Crippen molar-refractivity contribution in [2.75, 3.05) is 0 Å². The van der Waals surface area contributed by atoms with E-state index < -0.39 is 0 Å². The standard InChI is InChI=1S/C13H23N/c1-4-10-13(5-2)11-8-6-7-9-12-14-3/h6-7,9,12-13H,3-5,8,10-11H2,1-2H3/b7-6-,12-9-. The Labute approximate surface area is 88.6 Å². The third kappa shape index (κ3) is 7.78. The molecule has 0 bridgehead atoms. The van der Waals surface area contributed by atoms with Crippen molar-refractivity contribution in [2.24, 2.45) is 10.9 Å². The molecule has 0 aromatic carbocycles. The Bertz CT molecular complexity index is 180. The first kappa shape index (κ1) is 13.2. The largest absolute Gasteiger partial charge is 0.273 e. The van der Waals surface area contributed by atoms with Crippen LogP contribution in [-0.4, -0.2) is 6.72 Å². The highest BCUT2D eigenvalue weighted by Crippen LogP contribution is 2.17. The summed E-state index contributed by atoms with van der Waals surface area (Å²) in [4.78, 5) is 3.63. The van der Waals surface area contributed by atoms with Gasteiger partial charge in [0, 0.05) is 6.20 Å². The number of hydrogen-bond acceptors (Lipinski definition) is 1. The molecule has 0 saturated carbocycles. The number of hydrogen-bond donors (Lipinski definition) is 0. The Morgan fingerprint density at radius 1 is 1.21 bits per heavy atom. The molecule has 0 spiro atoms. The molecule has 0 aliphatic carbocycles. The third-order valence-electron chi connectivity index (χ3n) is 2.45. The molecule has 0 N–H and O–H groups in total. The van der Waals surface area contributed by atoms with Gasteiger partial charge in [0.05, 0.1) is 0 Å². The lowest BCUT2D eigenvalue weighted by Gasteiger charge is -2.11. The van der Waals surface area contributed by atoms with Crippen molar-refractivity contribution in [1.82, 2.24) is 0 Å². The lowest BCUT2D eigenvalue weighted by atomic mass is 9.95. The minimum Gasteiger partial charge on any atom is -0.273 e. The molecule has 0 heterocycles. The molecular formula is C13H23N. The highest BCUT2D eigenvalue weighted by atomic mass is 14.6. The fourth-order valence-corrected chi connectivity index (χ4v) is 1.58. The maximum Gasteiger partial charge on any atom is 0.0260 e. The summed E-state index contributed by atoms with van der Waals surface area (Å²) in [5.74, 6) is 0.908. The second-order valence-corrected chi connectivity index (χ2v) is 3.59. The average Bonchev–Trinajstić information content (AvgIpc) is 2.21. The second kappa shape index (κ2) is 10.2. The molecule has 0 aromatic heterocycles. The second-order valence-electron chi connectivity index (χ2n) is 3.59. The quantitative estimate of drug-likeness (QED) is 0.401. The Morgan fingerprint density at radius 2 is 2.00 bits per heavy atom. The van der Waals surface area contributed by atoms with Gasteiger partial charge in [-0.05, 0) is 31.6 Å². The topological polar surface area (TPSA) is 12.4 Å². The van der Waals surface area contributed by atoms with E-state index in [1.165, 1.54) is 32.1 Å². The SMILES string of the molecule is C=N/C=C\C=C/CCC(CC)CCC. The van der Waals surface area contributed by atoms with Gasteiger partial charge in [0.25, 0.3) is 0 Å². The molecule has 1 heteroatoms. The summed E-state index contributed by atoms with van der Waals surface area (Å²) < 4.78 is 0. The van der Waals surface area contributed by atoms with Crippen LogP contribution >= 0.6 is 0 Å². The molecule has 1 unspecified atom stereocenters. The zero-order valence-electron chi connectivity index (χ0n) is 9.58. The van der Waals surface area contributed by atoms with Gasteiger partial charge < -0.3 is 0 Å². The van der Waals surface area contributed by atoms with Crippen LogP contribution in [0.2, 0.25) is 0 Å². The molecule has 0 fully saturated rings. The van der Waals surface area contributed by atoms with Gasteiger partial charge in [0.2, 0.25) is 0 Å². The van der Waals surface area contributed by atoms with E-state index in [2.05, 4.69) is 31.6 Å². The van der Waals surface area contributed by atoms with E-state index in [1.54, 1.807) is 6.20 Å². The van der Waals surface area contributed by atoms with Crippen molar-refractivity contribution in [3.63, 3.8) is 0 Å². The Hall–Kier alpha value is -0.850. The van der Waals surface area contributed by atoms with Crippen LogP contribution in [0, 0.1) is 5.92 Å². The lowest BCUT2D eigenvalue weighted by molar-refractivity contribution is 0.436. The van der Waals surface area contributed by atoms with Crippen LogP contribution in [0.1, 0.15) is 46.0 Å². The van der Waals surface area contributed by atoms with Crippen LogP contribution in [0.4, 0.5) is 0 Å². The first-order chi connectivity index (χ1) is 6.85. The summed E-state index contributed by atoms with van der Waals surface area (Å²) in [6.45, 7) is 7.92.